The van der Waals surface area contributed by atoms with Gasteiger partial charge in [-0.05, 0) is 35.7 Å². The Morgan fingerprint density at radius 2 is 2.00 bits per heavy atom. The van der Waals surface area contributed by atoms with Crippen molar-refractivity contribution in [2.75, 3.05) is 51.3 Å². The van der Waals surface area contributed by atoms with Crippen molar-refractivity contribution < 1.29 is 14.6 Å². The Bertz CT molecular complexity index is 977. The average molecular weight is 456 g/mol. The largest absolute Gasteiger partial charge is 0.395 e. The molecule has 3 aliphatic rings. The fraction of sp³-hybridized carbons (Fsp3) is 0.480. The number of carbonyl (C=O) groups is 1. The van der Waals surface area contributed by atoms with E-state index in [9.17, 15) is 4.79 Å². The molecule has 1 amide bonds. The molecular weight excluding hydrogens is 426 g/mol. The highest BCUT2D eigenvalue weighted by Gasteiger charge is 2.41. The van der Waals surface area contributed by atoms with Crippen LogP contribution < -0.4 is 5.32 Å². The summed E-state index contributed by atoms with van der Waals surface area (Å²) in [4.78, 5) is 17.0. The minimum absolute atomic E-state index is 0.0345. The molecule has 3 atom stereocenters. The zero-order chi connectivity index (χ0) is 22.1. The molecule has 3 unspecified atom stereocenters. The molecule has 0 bridgehead atoms. The van der Waals surface area contributed by atoms with E-state index in [2.05, 4.69) is 34.5 Å². The highest BCUT2D eigenvalue weighted by atomic mass is 35.5. The van der Waals surface area contributed by atoms with Gasteiger partial charge in [0.2, 0.25) is 5.91 Å². The van der Waals surface area contributed by atoms with Gasteiger partial charge in [-0.3, -0.25) is 9.69 Å². The van der Waals surface area contributed by atoms with Crippen LogP contribution in [0.1, 0.15) is 35.3 Å². The van der Waals surface area contributed by atoms with Crippen LogP contribution in [0, 0.1) is 5.92 Å². The SMILES string of the molecule is O=C(Cc1ccc2c(c1)C1OCCC1C(c1cccc(Cl)c1)N2)N1CCN(CCO)CC1. The predicted molar refractivity (Wildman–Crippen MR) is 125 cm³/mol. The summed E-state index contributed by atoms with van der Waals surface area (Å²) >= 11 is 6.26. The smallest absolute Gasteiger partial charge is 0.227 e. The maximum absolute atomic E-state index is 12.9. The number of piperazine rings is 1. The van der Waals surface area contributed by atoms with Gasteiger partial charge in [0.1, 0.15) is 0 Å². The highest BCUT2D eigenvalue weighted by Crippen LogP contribution is 2.50. The van der Waals surface area contributed by atoms with Crippen LogP contribution in [0.3, 0.4) is 0 Å². The molecule has 5 rings (SSSR count). The maximum Gasteiger partial charge on any atom is 0.227 e. The highest BCUT2D eigenvalue weighted by molar-refractivity contribution is 6.30. The van der Waals surface area contributed by atoms with Gasteiger partial charge in [-0.25, -0.2) is 0 Å². The number of benzene rings is 2. The van der Waals surface area contributed by atoms with Crippen molar-refractivity contribution in [3.8, 4) is 0 Å². The molecular formula is C25H30ClN3O3. The monoisotopic (exact) mass is 455 g/mol. The van der Waals surface area contributed by atoms with E-state index in [1.54, 1.807) is 0 Å². The maximum atomic E-state index is 12.9. The molecule has 0 radical (unpaired) electrons. The molecule has 2 fully saturated rings. The zero-order valence-corrected chi connectivity index (χ0v) is 18.9. The summed E-state index contributed by atoms with van der Waals surface area (Å²) in [6, 6.07) is 14.5. The van der Waals surface area contributed by atoms with E-state index in [0.29, 0.717) is 18.9 Å². The topological polar surface area (TPSA) is 65.0 Å². The fourth-order valence-electron chi connectivity index (χ4n) is 5.31. The number of hydrogen-bond acceptors (Lipinski definition) is 5. The standard InChI is InChI=1S/C25H30ClN3O3/c26-19-3-1-2-18(16-19)24-20-6-13-32-25(20)21-14-17(4-5-22(21)27-24)15-23(31)29-9-7-28(8-10-29)11-12-30/h1-5,14,16,20,24-25,27,30H,6-13,15H2. The molecule has 3 heterocycles. The molecule has 7 heteroatoms. The molecule has 2 N–H and O–H groups in total. The minimum atomic E-state index is 0.0345. The first-order valence-corrected chi connectivity index (χ1v) is 11.9. The second-order valence-corrected chi connectivity index (χ2v) is 9.40. The van der Waals surface area contributed by atoms with Gasteiger partial charge in [-0.1, -0.05) is 35.9 Å². The number of fused-ring (bicyclic) bond motifs is 3. The van der Waals surface area contributed by atoms with Crippen LogP contribution in [0.25, 0.3) is 0 Å². The Kier molecular flexibility index (Phi) is 6.37. The summed E-state index contributed by atoms with van der Waals surface area (Å²) in [6.07, 6.45) is 1.44. The number of halogens is 1. The Balaban J connectivity index is 1.31. The van der Waals surface area contributed by atoms with Crippen molar-refractivity contribution in [2.24, 2.45) is 5.92 Å². The van der Waals surface area contributed by atoms with Gasteiger partial charge in [0.25, 0.3) is 0 Å². The van der Waals surface area contributed by atoms with Crippen LogP contribution in [0.2, 0.25) is 5.02 Å². The Morgan fingerprint density at radius 1 is 1.16 bits per heavy atom. The van der Waals surface area contributed by atoms with E-state index in [1.807, 2.05) is 23.1 Å². The lowest BCUT2D eigenvalue weighted by Gasteiger charge is -2.37. The number of carbonyl (C=O) groups excluding carboxylic acids is 1. The minimum Gasteiger partial charge on any atom is -0.395 e. The first-order valence-electron chi connectivity index (χ1n) is 11.5. The van der Waals surface area contributed by atoms with Crippen molar-refractivity contribution in [1.82, 2.24) is 9.80 Å². The van der Waals surface area contributed by atoms with E-state index in [0.717, 1.165) is 61.0 Å². The molecule has 3 aliphatic heterocycles. The van der Waals surface area contributed by atoms with Gasteiger partial charge >= 0.3 is 0 Å². The molecule has 2 aromatic carbocycles. The quantitative estimate of drug-likeness (QED) is 0.724. The van der Waals surface area contributed by atoms with Crippen molar-refractivity contribution in [1.29, 1.82) is 0 Å². The molecule has 32 heavy (non-hydrogen) atoms. The van der Waals surface area contributed by atoms with Crippen molar-refractivity contribution in [3.05, 3.63) is 64.2 Å². The molecule has 2 aromatic rings. The lowest BCUT2D eigenvalue weighted by atomic mass is 9.80. The number of nitrogens with zero attached hydrogens (tertiary/aromatic N) is 2. The fourth-order valence-corrected chi connectivity index (χ4v) is 5.51. The van der Waals surface area contributed by atoms with Crippen LogP contribution in [-0.4, -0.2) is 66.8 Å². The number of anilines is 1. The van der Waals surface area contributed by atoms with Crippen LogP contribution in [0.5, 0.6) is 0 Å². The lowest BCUT2D eigenvalue weighted by molar-refractivity contribution is -0.132. The van der Waals surface area contributed by atoms with Gasteiger partial charge < -0.3 is 20.1 Å². The third-order valence-electron chi connectivity index (χ3n) is 7.00. The number of amides is 1. The second-order valence-electron chi connectivity index (χ2n) is 8.97. The third-order valence-corrected chi connectivity index (χ3v) is 7.24. The normalized spacial score (nSPS) is 25.2. The van der Waals surface area contributed by atoms with Crippen LogP contribution in [-0.2, 0) is 16.0 Å². The van der Waals surface area contributed by atoms with Gasteiger partial charge in [0.15, 0.2) is 0 Å². The molecule has 170 valence electrons. The molecule has 0 aromatic heterocycles. The summed E-state index contributed by atoms with van der Waals surface area (Å²) in [5.74, 6) is 0.504. The van der Waals surface area contributed by atoms with Gasteiger partial charge in [0, 0.05) is 61.5 Å². The summed E-state index contributed by atoms with van der Waals surface area (Å²) < 4.78 is 6.18. The third kappa shape index (κ3) is 4.37. The number of aliphatic hydroxyl groups excluding tert-OH is 1. The summed E-state index contributed by atoms with van der Waals surface area (Å²) in [6.45, 7) is 4.68. The van der Waals surface area contributed by atoms with Gasteiger partial charge in [-0.2, -0.15) is 0 Å². The number of rotatable bonds is 5. The number of nitrogens with one attached hydrogen (secondary N) is 1. The number of aliphatic hydroxyl groups is 1. The first-order chi connectivity index (χ1) is 15.6. The lowest BCUT2D eigenvalue weighted by Crippen LogP contribution is -2.49. The molecule has 0 spiro atoms. The Labute approximate surface area is 194 Å². The van der Waals surface area contributed by atoms with Crippen molar-refractivity contribution >= 4 is 23.2 Å². The number of β-amino-alcohol motifs (C(OH)–C–C–N with tert-alkyl or cyclic N) is 1. The van der Waals surface area contributed by atoms with Gasteiger partial charge in [-0.15, -0.1) is 0 Å². The molecule has 0 aliphatic carbocycles. The Morgan fingerprint density at radius 3 is 2.78 bits per heavy atom. The molecule has 0 saturated carbocycles. The summed E-state index contributed by atoms with van der Waals surface area (Å²) in [5.41, 5.74) is 4.45. The van der Waals surface area contributed by atoms with Crippen LogP contribution in [0.15, 0.2) is 42.5 Å². The van der Waals surface area contributed by atoms with E-state index in [4.69, 9.17) is 21.4 Å². The van der Waals surface area contributed by atoms with Gasteiger partial charge in [0.05, 0.1) is 25.2 Å². The second kappa shape index (κ2) is 9.40. The van der Waals surface area contributed by atoms with Crippen molar-refractivity contribution in [2.45, 2.75) is 25.0 Å². The number of hydrogen-bond donors (Lipinski definition) is 2. The van der Waals surface area contributed by atoms with Crippen molar-refractivity contribution in [3.63, 3.8) is 0 Å². The van der Waals surface area contributed by atoms with E-state index < -0.39 is 0 Å². The van der Waals surface area contributed by atoms with Crippen LogP contribution >= 0.6 is 11.6 Å². The first kappa shape index (κ1) is 21.7. The Hall–Kier alpha value is -2.12. The van der Waals surface area contributed by atoms with Crippen LogP contribution in [0.4, 0.5) is 5.69 Å². The predicted octanol–water partition coefficient (Wildman–Crippen LogP) is 3.26. The van der Waals surface area contributed by atoms with E-state index in [-0.39, 0.29) is 24.7 Å². The summed E-state index contributed by atoms with van der Waals surface area (Å²) in [7, 11) is 0. The summed E-state index contributed by atoms with van der Waals surface area (Å²) in [5, 5.41) is 13.6. The molecule has 2 saturated heterocycles. The number of ether oxygens (including phenoxy) is 1. The zero-order valence-electron chi connectivity index (χ0n) is 18.2. The average Bonchev–Trinajstić information content (AvgIpc) is 3.30. The van der Waals surface area contributed by atoms with E-state index >= 15 is 0 Å². The van der Waals surface area contributed by atoms with E-state index in [1.165, 1.54) is 5.56 Å². The molecule has 6 nitrogen and oxygen atoms in total.